The smallest absolute Gasteiger partial charge is 0.225 e. The molecule has 0 saturated carbocycles. The molecule has 0 aliphatic rings. The van der Waals surface area contributed by atoms with Crippen LogP contribution in [-0.2, 0) is 11.3 Å². The first-order valence-electron chi connectivity index (χ1n) is 6.47. The molecule has 2 aromatic heterocycles. The van der Waals surface area contributed by atoms with E-state index in [-0.39, 0.29) is 5.91 Å². The molecule has 0 radical (unpaired) electrons. The molecule has 2 heterocycles. The minimum absolute atomic E-state index is 0.0103. The van der Waals surface area contributed by atoms with Crippen LogP contribution < -0.4 is 5.32 Å². The molecule has 1 N–H and O–H groups in total. The third-order valence-electron chi connectivity index (χ3n) is 2.83. The van der Waals surface area contributed by atoms with Gasteiger partial charge in [-0.1, -0.05) is 20.8 Å². The van der Waals surface area contributed by atoms with Crippen LogP contribution in [-0.4, -0.2) is 20.9 Å². The zero-order valence-corrected chi connectivity index (χ0v) is 11.9. The molecule has 0 unspecified atom stereocenters. The summed E-state index contributed by atoms with van der Waals surface area (Å²) in [4.78, 5) is 24.6. The molecule has 5 heteroatoms. The Morgan fingerprint density at radius 1 is 1.10 bits per heavy atom. The second kappa shape index (κ2) is 5.77. The Morgan fingerprint density at radius 2 is 1.75 bits per heavy atom. The van der Waals surface area contributed by atoms with E-state index in [4.69, 9.17) is 0 Å². The highest BCUT2D eigenvalue weighted by molar-refractivity contribution is 5.81. The molecule has 20 heavy (non-hydrogen) atoms. The molecule has 0 atom stereocenters. The van der Waals surface area contributed by atoms with Crippen molar-refractivity contribution in [3.63, 3.8) is 0 Å². The van der Waals surface area contributed by atoms with Gasteiger partial charge < -0.3 is 5.32 Å². The lowest BCUT2D eigenvalue weighted by Gasteiger charge is -2.18. The Bertz CT molecular complexity index is 590. The summed E-state index contributed by atoms with van der Waals surface area (Å²) in [7, 11) is 0. The highest BCUT2D eigenvalue weighted by atomic mass is 16.2. The summed E-state index contributed by atoms with van der Waals surface area (Å²) in [6.45, 7) is 6.00. The van der Waals surface area contributed by atoms with Crippen LogP contribution in [0.1, 0.15) is 26.5 Å². The molecule has 2 rings (SSSR count). The molecular formula is C15H18N4O. The van der Waals surface area contributed by atoms with E-state index in [0.717, 1.165) is 17.0 Å². The van der Waals surface area contributed by atoms with E-state index in [1.54, 1.807) is 24.8 Å². The predicted molar refractivity (Wildman–Crippen MR) is 76.6 cm³/mol. The van der Waals surface area contributed by atoms with Crippen molar-refractivity contribution in [3.8, 4) is 11.3 Å². The van der Waals surface area contributed by atoms with Crippen molar-refractivity contribution in [2.24, 2.45) is 5.41 Å². The van der Waals surface area contributed by atoms with Gasteiger partial charge in [0.05, 0.1) is 17.9 Å². The molecule has 2 aromatic rings. The standard InChI is InChI=1S/C15H18N4O/c1-15(2,3)14(20)19-10-12-13(18-9-8-17-12)11-4-6-16-7-5-11/h4-9H,10H2,1-3H3,(H,19,20). The summed E-state index contributed by atoms with van der Waals surface area (Å²) in [5.41, 5.74) is 2.03. The number of nitrogens with one attached hydrogen (secondary N) is 1. The normalized spacial score (nSPS) is 11.2. The maximum Gasteiger partial charge on any atom is 0.225 e. The van der Waals surface area contributed by atoms with Crippen LogP contribution >= 0.6 is 0 Å². The molecule has 0 aliphatic heterocycles. The van der Waals surface area contributed by atoms with Crippen LogP contribution in [0.15, 0.2) is 36.9 Å². The van der Waals surface area contributed by atoms with Crippen molar-refractivity contribution < 1.29 is 4.79 Å². The molecule has 0 spiro atoms. The molecule has 0 aliphatic carbocycles. The van der Waals surface area contributed by atoms with Gasteiger partial charge in [0.25, 0.3) is 0 Å². The molecule has 1 amide bonds. The molecule has 104 valence electrons. The molecular weight excluding hydrogens is 252 g/mol. The van der Waals surface area contributed by atoms with Gasteiger partial charge in [-0.25, -0.2) is 0 Å². The molecule has 0 aromatic carbocycles. The Balaban J connectivity index is 2.20. The predicted octanol–water partition coefficient (Wildman–Crippen LogP) is 2.20. The van der Waals surface area contributed by atoms with E-state index in [1.165, 1.54) is 0 Å². The second-order valence-electron chi connectivity index (χ2n) is 5.52. The Hall–Kier alpha value is -2.30. The summed E-state index contributed by atoms with van der Waals surface area (Å²) in [5, 5.41) is 2.89. The molecule has 0 bridgehead atoms. The van der Waals surface area contributed by atoms with Crippen LogP contribution in [0.25, 0.3) is 11.3 Å². The summed E-state index contributed by atoms with van der Waals surface area (Å²) in [6.07, 6.45) is 6.69. The number of hydrogen-bond donors (Lipinski definition) is 1. The van der Waals surface area contributed by atoms with E-state index in [0.29, 0.717) is 6.54 Å². The van der Waals surface area contributed by atoms with Gasteiger partial charge in [-0.3, -0.25) is 19.7 Å². The quantitative estimate of drug-likeness (QED) is 0.928. The largest absolute Gasteiger partial charge is 0.350 e. The van der Waals surface area contributed by atoms with Crippen molar-refractivity contribution >= 4 is 5.91 Å². The van der Waals surface area contributed by atoms with E-state index < -0.39 is 5.41 Å². The van der Waals surface area contributed by atoms with E-state index in [2.05, 4.69) is 20.3 Å². The molecule has 5 nitrogen and oxygen atoms in total. The van der Waals surface area contributed by atoms with Crippen LogP contribution in [0.4, 0.5) is 0 Å². The van der Waals surface area contributed by atoms with Crippen molar-refractivity contribution in [2.75, 3.05) is 0 Å². The maximum absolute atomic E-state index is 11.9. The first kappa shape index (κ1) is 14.1. The molecule has 0 saturated heterocycles. The lowest BCUT2D eigenvalue weighted by Crippen LogP contribution is -2.34. The lowest BCUT2D eigenvalue weighted by molar-refractivity contribution is -0.128. The Morgan fingerprint density at radius 3 is 2.40 bits per heavy atom. The number of carbonyl (C=O) groups is 1. The van der Waals surface area contributed by atoms with Gasteiger partial charge in [0.1, 0.15) is 0 Å². The van der Waals surface area contributed by atoms with Gasteiger partial charge in [-0.2, -0.15) is 0 Å². The van der Waals surface area contributed by atoms with Gasteiger partial charge >= 0.3 is 0 Å². The van der Waals surface area contributed by atoms with Gasteiger partial charge in [0.2, 0.25) is 5.91 Å². The van der Waals surface area contributed by atoms with E-state index in [1.807, 2.05) is 32.9 Å². The third-order valence-corrected chi connectivity index (χ3v) is 2.83. The first-order valence-corrected chi connectivity index (χ1v) is 6.47. The van der Waals surface area contributed by atoms with Crippen LogP contribution in [0, 0.1) is 5.41 Å². The SMILES string of the molecule is CC(C)(C)C(=O)NCc1nccnc1-c1ccncc1. The Kier molecular flexibility index (Phi) is 4.08. The average Bonchev–Trinajstić information content (AvgIpc) is 2.45. The summed E-state index contributed by atoms with van der Waals surface area (Å²) < 4.78 is 0. The van der Waals surface area contributed by atoms with E-state index >= 15 is 0 Å². The highest BCUT2D eigenvalue weighted by Gasteiger charge is 2.21. The topological polar surface area (TPSA) is 67.8 Å². The van der Waals surface area contributed by atoms with Gasteiger partial charge in [0, 0.05) is 35.8 Å². The van der Waals surface area contributed by atoms with Crippen LogP contribution in [0.5, 0.6) is 0 Å². The third kappa shape index (κ3) is 3.38. The van der Waals surface area contributed by atoms with Crippen LogP contribution in [0.2, 0.25) is 0 Å². The fourth-order valence-corrected chi connectivity index (χ4v) is 1.68. The minimum atomic E-state index is -0.418. The number of hydrogen-bond acceptors (Lipinski definition) is 4. The van der Waals surface area contributed by atoms with Crippen molar-refractivity contribution in [1.29, 1.82) is 0 Å². The first-order chi connectivity index (χ1) is 9.48. The van der Waals surface area contributed by atoms with Crippen molar-refractivity contribution in [2.45, 2.75) is 27.3 Å². The lowest BCUT2D eigenvalue weighted by atomic mass is 9.95. The van der Waals surface area contributed by atoms with Crippen molar-refractivity contribution in [3.05, 3.63) is 42.6 Å². The monoisotopic (exact) mass is 270 g/mol. The van der Waals surface area contributed by atoms with Gasteiger partial charge in [-0.05, 0) is 12.1 Å². The Labute approximate surface area is 118 Å². The number of carbonyl (C=O) groups excluding carboxylic acids is 1. The second-order valence-corrected chi connectivity index (χ2v) is 5.52. The van der Waals surface area contributed by atoms with Gasteiger partial charge in [-0.15, -0.1) is 0 Å². The zero-order chi connectivity index (χ0) is 14.6. The fourth-order valence-electron chi connectivity index (χ4n) is 1.68. The average molecular weight is 270 g/mol. The summed E-state index contributed by atoms with van der Waals surface area (Å²) in [5.74, 6) is -0.0103. The van der Waals surface area contributed by atoms with E-state index in [9.17, 15) is 4.79 Å². The number of amides is 1. The highest BCUT2D eigenvalue weighted by Crippen LogP contribution is 2.19. The zero-order valence-electron chi connectivity index (χ0n) is 11.9. The number of pyridine rings is 1. The van der Waals surface area contributed by atoms with Gasteiger partial charge in [0.15, 0.2) is 0 Å². The number of nitrogens with zero attached hydrogens (tertiary/aromatic N) is 3. The van der Waals surface area contributed by atoms with Crippen LogP contribution in [0.3, 0.4) is 0 Å². The minimum Gasteiger partial charge on any atom is -0.350 e. The summed E-state index contributed by atoms with van der Waals surface area (Å²) >= 11 is 0. The number of rotatable bonds is 3. The maximum atomic E-state index is 11.9. The number of aromatic nitrogens is 3. The summed E-state index contributed by atoms with van der Waals surface area (Å²) in [6, 6.07) is 3.75. The fraction of sp³-hybridized carbons (Fsp3) is 0.333. The molecule has 0 fully saturated rings. The van der Waals surface area contributed by atoms with Crippen molar-refractivity contribution in [1.82, 2.24) is 20.3 Å².